The van der Waals surface area contributed by atoms with Crippen LogP contribution in [0.3, 0.4) is 0 Å². The lowest BCUT2D eigenvalue weighted by atomic mass is 9.82. The third-order valence-electron chi connectivity index (χ3n) is 8.59. The van der Waals surface area contributed by atoms with Gasteiger partial charge in [-0.15, -0.1) is 0 Å². The van der Waals surface area contributed by atoms with Crippen molar-refractivity contribution in [2.24, 2.45) is 0 Å². The predicted octanol–water partition coefficient (Wildman–Crippen LogP) is 10.5. The Bertz CT molecular complexity index is 3490. The fourth-order valence-electron chi connectivity index (χ4n) is 6.48. The molecule has 0 bridgehead atoms. The summed E-state index contributed by atoms with van der Waals surface area (Å²) in [6.07, 6.45) is 0. The van der Waals surface area contributed by atoms with E-state index in [2.05, 4.69) is 0 Å². The van der Waals surface area contributed by atoms with Crippen LogP contribution in [0.5, 0.6) is 0 Å². The summed E-state index contributed by atoms with van der Waals surface area (Å²) in [4.78, 5) is 14.5. The Balaban J connectivity index is 1.44. The summed E-state index contributed by atoms with van der Waals surface area (Å²) in [6.45, 7) is -7.28. The van der Waals surface area contributed by atoms with Crippen LogP contribution >= 0.6 is 0 Å². The lowest BCUT2D eigenvalue weighted by Crippen LogP contribution is -2.14. The third-order valence-corrected chi connectivity index (χ3v) is 8.59. The van der Waals surface area contributed by atoms with Gasteiger partial charge in [-0.2, -0.15) is 9.97 Å². The molecule has 5 heteroatoms. The van der Waals surface area contributed by atoms with Crippen LogP contribution in [0.4, 0.5) is 0 Å². The number of nitrogens with zero attached hydrogens (tertiary/aromatic N) is 4. The highest BCUT2D eigenvalue weighted by Gasteiger charge is 2.37. The molecule has 1 aliphatic carbocycles. The van der Waals surface area contributed by atoms with Crippen molar-refractivity contribution >= 4 is 43.7 Å². The summed E-state index contributed by atoms with van der Waals surface area (Å²) >= 11 is 0. The fourth-order valence-corrected chi connectivity index (χ4v) is 6.48. The Morgan fingerprint density at radius 1 is 0.638 bits per heavy atom. The lowest BCUT2D eigenvalue weighted by Gasteiger charge is -2.21. The van der Waals surface area contributed by atoms with Crippen LogP contribution < -0.4 is 0 Å². The molecule has 0 unspecified atom stereocenters. The number of fused-ring (bicyclic) bond motifs is 10. The summed E-state index contributed by atoms with van der Waals surface area (Å²) in [7, 11) is 0. The zero-order valence-electron chi connectivity index (χ0n) is 40.1. The summed E-state index contributed by atoms with van der Waals surface area (Å²) in [6, 6.07) is 13.2. The van der Waals surface area contributed by atoms with Gasteiger partial charge in [0.05, 0.1) is 24.7 Å². The maximum absolute atomic E-state index is 9.66. The predicted molar refractivity (Wildman–Crippen MR) is 190 cm³/mol. The zero-order chi connectivity index (χ0) is 45.0. The van der Waals surface area contributed by atoms with Crippen molar-refractivity contribution in [1.29, 1.82) is 0 Å². The van der Waals surface area contributed by atoms with Crippen LogP contribution in [0.25, 0.3) is 83.6 Å². The SMILES string of the molecule is [2H]c1c([2H])c([2H])c2c(c1[2H])-c1c(c([2H])c([2H])c3c1c1c([2H])c([2H])c([2H])c([2H])c1n3-c1nc(-c3ccccc3)nc(-c3ccc4oc5ccccc5c4c3)n1)C2(C([2H])([2H])[2H])C([2H])([2H])[2H]. The number of aromatic nitrogens is 4. The van der Waals surface area contributed by atoms with E-state index in [1.165, 1.54) is 0 Å². The van der Waals surface area contributed by atoms with Gasteiger partial charge in [-0.05, 0) is 58.6 Å². The van der Waals surface area contributed by atoms with E-state index in [1.807, 2.05) is 30.3 Å². The maximum Gasteiger partial charge on any atom is 0.238 e. The minimum Gasteiger partial charge on any atom is -0.456 e. The van der Waals surface area contributed by atoms with Gasteiger partial charge in [0.25, 0.3) is 0 Å². The molecule has 6 aromatic carbocycles. The van der Waals surface area contributed by atoms with Crippen LogP contribution in [-0.4, -0.2) is 19.5 Å². The smallest absolute Gasteiger partial charge is 0.238 e. The normalized spacial score (nSPS) is 18.9. The van der Waals surface area contributed by atoms with Crippen LogP contribution in [-0.2, 0) is 5.41 Å². The fraction of sp³-hybridized carbons (Fsp3) is 0.0714. The average molecular weight is 621 g/mol. The molecule has 0 aliphatic heterocycles. The summed E-state index contributed by atoms with van der Waals surface area (Å²) in [5.74, 6) is -0.144. The number of furan rings is 1. The van der Waals surface area contributed by atoms with E-state index in [0.29, 0.717) is 22.3 Å². The van der Waals surface area contributed by atoms with E-state index >= 15 is 0 Å². The van der Waals surface area contributed by atoms with Crippen molar-refractivity contribution in [3.05, 3.63) is 144 Å². The van der Waals surface area contributed by atoms with Gasteiger partial charge in [0, 0.05) is 46.3 Å². The first-order valence-electron chi connectivity index (χ1n) is 22.6. The van der Waals surface area contributed by atoms with E-state index in [9.17, 15) is 5.48 Å². The van der Waals surface area contributed by atoms with Gasteiger partial charge in [-0.3, -0.25) is 4.57 Å². The molecule has 1 aliphatic rings. The van der Waals surface area contributed by atoms with Crippen molar-refractivity contribution in [2.45, 2.75) is 19.1 Å². The van der Waals surface area contributed by atoms with E-state index in [0.717, 1.165) is 15.3 Å². The van der Waals surface area contributed by atoms with Crippen molar-refractivity contribution in [1.82, 2.24) is 19.5 Å². The molecule has 0 spiro atoms. The van der Waals surface area contributed by atoms with Crippen LogP contribution in [0.2, 0.25) is 0 Å². The molecule has 222 valence electrons. The van der Waals surface area contributed by atoms with Crippen molar-refractivity contribution in [3.63, 3.8) is 0 Å². The summed E-state index contributed by atoms with van der Waals surface area (Å²) < 4.78 is 151. The number of para-hydroxylation sites is 2. The van der Waals surface area contributed by atoms with E-state index in [1.54, 1.807) is 42.5 Å². The van der Waals surface area contributed by atoms with E-state index in [-0.39, 0.29) is 39.4 Å². The molecule has 9 aromatic rings. The molecule has 0 amide bonds. The molecule has 0 atom stereocenters. The third kappa shape index (κ3) is 3.68. The second-order valence-electron chi connectivity index (χ2n) is 11.2. The van der Waals surface area contributed by atoms with Gasteiger partial charge in [0.15, 0.2) is 11.6 Å². The van der Waals surface area contributed by atoms with Crippen LogP contribution in [0.1, 0.15) is 46.8 Å². The van der Waals surface area contributed by atoms with Gasteiger partial charge >= 0.3 is 0 Å². The van der Waals surface area contributed by atoms with Crippen molar-refractivity contribution in [3.8, 4) is 39.9 Å². The van der Waals surface area contributed by atoms with Gasteiger partial charge < -0.3 is 4.42 Å². The molecular weight excluding hydrogens is 576 g/mol. The maximum atomic E-state index is 9.66. The van der Waals surface area contributed by atoms with E-state index in [4.69, 9.17) is 35.8 Å². The molecular formula is C42H28N4O. The highest BCUT2D eigenvalue weighted by molar-refractivity contribution is 6.17. The van der Waals surface area contributed by atoms with Crippen LogP contribution in [0.15, 0.2) is 138 Å². The Kier molecular flexibility index (Phi) is 3.03. The van der Waals surface area contributed by atoms with Crippen LogP contribution in [0, 0.1) is 0 Å². The number of benzene rings is 6. The van der Waals surface area contributed by atoms with Crippen molar-refractivity contribution < 1.29 is 26.3 Å². The quantitative estimate of drug-likeness (QED) is 0.197. The molecule has 0 saturated heterocycles. The Morgan fingerprint density at radius 2 is 1.40 bits per heavy atom. The molecule has 10 rings (SSSR count). The standard InChI is InChI=1S/C42H28N4O/c1-42(2)31-17-9-6-15-28(31)37-32(42)21-22-34-38(37)29-16-7-10-18-33(29)46(34)41-44-39(25-12-4-3-5-13-25)43-40(45-41)26-20-23-36-30(24-26)27-14-8-11-19-35(27)47-36/h3-24H,1-2H3/i1D3,2D3,6D,7D,9D,10D,15D,16D,17D,18D,21D,22D. The number of hydrogen-bond donors (Lipinski definition) is 0. The summed E-state index contributed by atoms with van der Waals surface area (Å²) in [5.41, 5.74) is -4.59. The second kappa shape index (κ2) is 9.47. The molecule has 0 radical (unpaired) electrons. The van der Waals surface area contributed by atoms with Crippen molar-refractivity contribution in [2.75, 3.05) is 0 Å². The minimum atomic E-state index is -3.64. The first-order chi connectivity index (χ1) is 29.7. The Hall–Kier alpha value is -6.07. The molecule has 3 heterocycles. The Morgan fingerprint density at radius 3 is 2.30 bits per heavy atom. The zero-order valence-corrected chi connectivity index (χ0v) is 24.1. The monoisotopic (exact) mass is 620 g/mol. The van der Waals surface area contributed by atoms with Gasteiger partial charge in [0.1, 0.15) is 11.2 Å². The van der Waals surface area contributed by atoms with E-state index < -0.39 is 102 Å². The van der Waals surface area contributed by atoms with Gasteiger partial charge in [-0.25, -0.2) is 4.98 Å². The lowest BCUT2D eigenvalue weighted by molar-refractivity contribution is 0.661. The number of rotatable bonds is 3. The second-order valence-corrected chi connectivity index (χ2v) is 11.2. The number of hydrogen-bond acceptors (Lipinski definition) is 4. The minimum absolute atomic E-state index is 0.0731. The molecule has 0 saturated carbocycles. The molecule has 47 heavy (non-hydrogen) atoms. The largest absolute Gasteiger partial charge is 0.456 e. The molecule has 0 N–H and O–H groups in total. The molecule has 3 aromatic heterocycles. The molecule has 5 nitrogen and oxygen atoms in total. The average Bonchev–Trinajstić information content (AvgIpc) is 3.92. The Labute approximate surface area is 293 Å². The summed E-state index contributed by atoms with van der Waals surface area (Å²) in [5, 5.41) is 0.824. The van der Waals surface area contributed by atoms with Gasteiger partial charge in [0.2, 0.25) is 5.95 Å². The first kappa shape index (κ1) is 15.0. The highest BCUT2D eigenvalue weighted by Crippen LogP contribution is 2.53. The highest BCUT2D eigenvalue weighted by atomic mass is 16.3. The first-order valence-corrected chi connectivity index (χ1v) is 14.6. The van der Waals surface area contributed by atoms with Gasteiger partial charge in [-0.1, -0.05) is 111 Å². The molecule has 0 fully saturated rings. The topological polar surface area (TPSA) is 56.7 Å².